The van der Waals surface area contributed by atoms with Gasteiger partial charge in [0.25, 0.3) is 5.82 Å². The van der Waals surface area contributed by atoms with Crippen LogP contribution in [0.1, 0.15) is 30.7 Å². The minimum atomic E-state index is -4.65. The highest BCUT2D eigenvalue weighted by molar-refractivity contribution is 5.79. The molecule has 0 unspecified atom stereocenters. The zero-order valence-corrected chi connectivity index (χ0v) is 19.5. The number of nitrogens with zero attached hydrogens (tertiary/aromatic N) is 8. The minimum Gasteiger partial charge on any atom is -0.370 e. The number of benzene rings is 1. The van der Waals surface area contributed by atoms with Crippen molar-refractivity contribution in [3.05, 3.63) is 47.8 Å². The third-order valence-electron chi connectivity index (χ3n) is 6.84. The molecule has 1 amide bonds. The largest absolute Gasteiger partial charge is 0.453 e. The molecule has 3 aromatic rings. The smallest absolute Gasteiger partial charge is 0.370 e. The van der Waals surface area contributed by atoms with Crippen molar-refractivity contribution in [2.24, 2.45) is 5.92 Å². The molecule has 4 heterocycles. The van der Waals surface area contributed by atoms with Crippen LogP contribution in [0.5, 0.6) is 0 Å². The Morgan fingerprint density at radius 3 is 2.36 bits per heavy atom. The Morgan fingerprint density at radius 1 is 0.917 bits per heavy atom. The molecule has 2 aliphatic heterocycles. The van der Waals surface area contributed by atoms with E-state index in [2.05, 4.69) is 26.3 Å². The maximum atomic E-state index is 13.3. The number of carbonyl (C=O) groups is 1. The summed E-state index contributed by atoms with van der Waals surface area (Å²) in [6.45, 7) is 3.95. The molecule has 2 aliphatic rings. The lowest BCUT2D eigenvalue weighted by Gasteiger charge is -2.34. The van der Waals surface area contributed by atoms with E-state index in [1.165, 1.54) is 6.07 Å². The van der Waals surface area contributed by atoms with Crippen LogP contribution in [0.4, 0.5) is 24.7 Å². The Hall–Kier alpha value is -3.88. The van der Waals surface area contributed by atoms with Gasteiger partial charge >= 0.3 is 6.18 Å². The molecule has 188 valence electrons. The van der Waals surface area contributed by atoms with Gasteiger partial charge in [-0.15, -0.1) is 15.3 Å². The van der Waals surface area contributed by atoms with E-state index in [0.29, 0.717) is 50.4 Å². The van der Waals surface area contributed by atoms with E-state index in [4.69, 9.17) is 5.26 Å². The maximum Gasteiger partial charge on any atom is 0.453 e. The highest BCUT2D eigenvalue weighted by atomic mass is 19.4. The van der Waals surface area contributed by atoms with Gasteiger partial charge in [-0.2, -0.15) is 22.9 Å². The van der Waals surface area contributed by atoms with Crippen LogP contribution in [0.25, 0.3) is 5.65 Å². The molecule has 0 N–H and O–H groups in total. The quantitative estimate of drug-likeness (QED) is 0.548. The van der Waals surface area contributed by atoms with Gasteiger partial charge in [-0.3, -0.25) is 4.79 Å². The molecule has 0 saturated carbocycles. The van der Waals surface area contributed by atoms with Crippen molar-refractivity contribution >= 4 is 23.1 Å². The van der Waals surface area contributed by atoms with Crippen LogP contribution >= 0.6 is 0 Å². The molecule has 5 rings (SSSR count). The average molecular weight is 499 g/mol. The normalized spacial score (nSPS) is 17.8. The number of rotatable bonds is 3. The number of anilines is 2. The average Bonchev–Trinajstić information content (AvgIpc) is 3.18. The second-order valence-electron chi connectivity index (χ2n) is 9.07. The summed E-state index contributed by atoms with van der Waals surface area (Å²) in [6.07, 6.45) is -2.56. The Bertz CT molecular complexity index is 1280. The molecule has 0 spiro atoms. The Kier molecular flexibility index (Phi) is 6.38. The van der Waals surface area contributed by atoms with Crippen molar-refractivity contribution in [3.63, 3.8) is 0 Å². The van der Waals surface area contributed by atoms with Gasteiger partial charge in [0, 0.05) is 50.9 Å². The minimum absolute atomic E-state index is 0.0346. The molecule has 0 aliphatic carbocycles. The molecule has 2 aromatic heterocycles. The molecular formula is C24H25F3N8O. The van der Waals surface area contributed by atoms with E-state index in [1.807, 2.05) is 21.9 Å². The summed E-state index contributed by atoms with van der Waals surface area (Å²) in [5.74, 6) is -0.725. The fraction of sp³-hybridized carbons (Fsp3) is 0.458. The topological polar surface area (TPSA) is 93.7 Å². The maximum absolute atomic E-state index is 13.3. The lowest BCUT2D eigenvalue weighted by Crippen LogP contribution is -2.44. The number of amides is 1. The van der Waals surface area contributed by atoms with Crippen molar-refractivity contribution < 1.29 is 18.0 Å². The summed E-state index contributed by atoms with van der Waals surface area (Å²) in [7, 11) is 0. The van der Waals surface area contributed by atoms with Crippen LogP contribution < -0.4 is 9.80 Å². The molecule has 2 fully saturated rings. The van der Waals surface area contributed by atoms with E-state index >= 15 is 0 Å². The zero-order valence-electron chi connectivity index (χ0n) is 19.5. The number of halogens is 3. The van der Waals surface area contributed by atoms with Gasteiger partial charge in [0.15, 0.2) is 5.65 Å². The van der Waals surface area contributed by atoms with Gasteiger partial charge < -0.3 is 14.7 Å². The highest BCUT2D eigenvalue weighted by Crippen LogP contribution is 2.29. The number of nitriles is 1. The lowest BCUT2D eigenvalue weighted by molar-refractivity contribution is -0.146. The van der Waals surface area contributed by atoms with Crippen LogP contribution in [0.2, 0.25) is 0 Å². The molecule has 0 bridgehead atoms. The molecule has 2 saturated heterocycles. The summed E-state index contributed by atoms with van der Waals surface area (Å²) < 4.78 is 40.3. The van der Waals surface area contributed by atoms with E-state index in [0.717, 1.165) is 29.7 Å². The van der Waals surface area contributed by atoms with Crippen LogP contribution in [0, 0.1) is 17.2 Å². The number of carbonyl (C=O) groups excluding carboxylic acids is 1. The molecule has 9 nitrogen and oxygen atoms in total. The van der Waals surface area contributed by atoms with Gasteiger partial charge in [0.2, 0.25) is 5.91 Å². The molecule has 12 heteroatoms. The Balaban J connectivity index is 1.19. The van der Waals surface area contributed by atoms with Gasteiger partial charge in [0.1, 0.15) is 5.82 Å². The van der Waals surface area contributed by atoms with Crippen LogP contribution in [0.3, 0.4) is 0 Å². The second-order valence-corrected chi connectivity index (χ2v) is 9.07. The van der Waals surface area contributed by atoms with Gasteiger partial charge in [0.05, 0.1) is 11.6 Å². The number of alkyl halides is 3. The lowest BCUT2D eigenvalue weighted by atomic mass is 9.95. The summed E-state index contributed by atoms with van der Waals surface area (Å²) in [6, 6.07) is 12.7. The molecule has 0 radical (unpaired) electrons. The molecule has 36 heavy (non-hydrogen) atoms. The monoisotopic (exact) mass is 498 g/mol. The third kappa shape index (κ3) is 4.78. The van der Waals surface area contributed by atoms with Gasteiger partial charge in [-0.25, -0.2) is 0 Å². The number of piperidine rings is 1. The van der Waals surface area contributed by atoms with Crippen molar-refractivity contribution in [1.29, 1.82) is 5.26 Å². The van der Waals surface area contributed by atoms with Crippen LogP contribution in [0.15, 0.2) is 36.4 Å². The first-order chi connectivity index (χ1) is 17.3. The number of fused-ring (bicyclic) bond motifs is 1. The summed E-state index contributed by atoms with van der Waals surface area (Å²) in [4.78, 5) is 19.3. The molecule has 1 aromatic carbocycles. The summed E-state index contributed by atoms with van der Waals surface area (Å²) in [5, 5.41) is 19.9. The van der Waals surface area contributed by atoms with Crippen molar-refractivity contribution in [2.75, 3.05) is 49.1 Å². The van der Waals surface area contributed by atoms with Gasteiger partial charge in [-0.1, -0.05) is 0 Å². The number of hydrogen-bond acceptors (Lipinski definition) is 7. The summed E-state index contributed by atoms with van der Waals surface area (Å²) >= 11 is 0. The van der Waals surface area contributed by atoms with Gasteiger partial charge in [-0.05, 0) is 55.7 Å². The predicted octanol–water partition coefficient (Wildman–Crippen LogP) is 2.97. The highest BCUT2D eigenvalue weighted by Gasteiger charge is 2.38. The van der Waals surface area contributed by atoms with Crippen LogP contribution in [-0.2, 0) is 11.0 Å². The SMILES string of the molecule is N#Cc1ccc(N2CCCN(C(=O)C3CCN(c4ccc5nnc(C(F)(F)F)n5n4)CC3)CC2)cc1. The van der Waals surface area contributed by atoms with Crippen molar-refractivity contribution in [1.82, 2.24) is 24.7 Å². The molecule has 0 atom stereocenters. The Labute approximate surface area is 205 Å². The first kappa shape index (κ1) is 23.8. The van der Waals surface area contributed by atoms with E-state index in [9.17, 15) is 18.0 Å². The Morgan fingerprint density at radius 2 is 1.67 bits per heavy atom. The van der Waals surface area contributed by atoms with Crippen molar-refractivity contribution in [2.45, 2.75) is 25.4 Å². The van der Waals surface area contributed by atoms with Crippen molar-refractivity contribution in [3.8, 4) is 6.07 Å². The molecular weight excluding hydrogens is 473 g/mol. The van der Waals surface area contributed by atoms with Crippen LogP contribution in [-0.4, -0.2) is 69.9 Å². The zero-order chi connectivity index (χ0) is 25.3. The third-order valence-corrected chi connectivity index (χ3v) is 6.84. The number of aromatic nitrogens is 4. The van der Waals surface area contributed by atoms with E-state index in [-0.39, 0.29) is 17.5 Å². The van der Waals surface area contributed by atoms with E-state index in [1.54, 1.807) is 18.2 Å². The van der Waals surface area contributed by atoms with E-state index < -0.39 is 12.0 Å². The fourth-order valence-electron chi connectivity index (χ4n) is 4.88. The fourth-order valence-corrected chi connectivity index (χ4v) is 4.88. The summed E-state index contributed by atoms with van der Waals surface area (Å²) in [5.41, 5.74) is 1.70. The predicted molar refractivity (Wildman–Crippen MR) is 125 cm³/mol. The second kappa shape index (κ2) is 9.64. The first-order valence-electron chi connectivity index (χ1n) is 11.9. The standard InChI is InChI=1S/C24H25F3N8O/c25-24(26,27)23-30-29-20-6-7-21(31-35(20)23)33-12-8-18(9-13-33)22(36)34-11-1-10-32(14-15-34)19-4-2-17(16-28)3-5-19/h2-7,18H,1,8-15H2. The number of hydrogen-bond donors (Lipinski definition) is 0. The first-order valence-corrected chi connectivity index (χ1v) is 11.9.